The van der Waals surface area contributed by atoms with Crippen molar-refractivity contribution in [3.63, 3.8) is 0 Å². The van der Waals surface area contributed by atoms with Crippen LogP contribution in [-0.2, 0) is 16.1 Å². The molecule has 0 N–H and O–H groups in total. The smallest absolute Gasteiger partial charge is 0.222 e. The number of nitrogens with zero attached hydrogens (tertiary/aromatic N) is 3. The van der Waals surface area contributed by atoms with E-state index in [9.17, 15) is 4.79 Å². The summed E-state index contributed by atoms with van der Waals surface area (Å²) < 4.78 is 5.23. The van der Waals surface area contributed by atoms with Gasteiger partial charge in [-0.1, -0.05) is 24.2 Å². The number of hydrogen-bond acceptors (Lipinski definition) is 5. The van der Waals surface area contributed by atoms with Crippen LogP contribution >= 0.6 is 0 Å². The maximum atomic E-state index is 12.5. The van der Waals surface area contributed by atoms with Crippen LogP contribution in [0.25, 0.3) is 0 Å². The first-order valence-corrected chi connectivity index (χ1v) is 10.3. The number of carbonyl (C=O) groups is 1. The molecular weight excluding hydrogens is 354 g/mol. The van der Waals surface area contributed by atoms with Crippen LogP contribution in [0.1, 0.15) is 45.1 Å². The Hall–Kier alpha value is -2.08. The molecule has 28 heavy (non-hydrogen) atoms. The third-order valence-corrected chi connectivity index (χ3v) is 5.47. The Morgan fingerprint density at radius 2 is 1.89 bits per heavy atom. The van der Waals surface area contributed by atoms with Crippen molar-refractivity contribution < 1.29 is 14.4 Å². The minimum absolute atomic E-state index is 0.260. The fourth-order valence-electron chi connectivity index (χ4n) is 3.75. The molecule has 1 aromatic rings. The molecule has 0 aromatic heterocycles. The average Bonchev–Trinajstić information content (AvgIpc) is 2.72. The molecule has 1 aromatic carbocycles. The number of piperidine rings is 1. The molecule has 0 bridgehead atoms. The number of likely N-dealkylation sites (N-methyl/N-ethyl adjacent to an activating group) is 1. The molecule has 0 saturated carbocycles. The summed E-state index contributed by atoms with van der Waals surface area (Å²) in [4.78, 5) is 21.7. The van der Waals surface area contributed by atoms with Crippen molar-refractivity contribution in [2.45, 2.75) is 52.0 Å². The molecule has 1 unspecified atom stereocenters. The molecule has 1 atom stereocenters. The first kappa shape index (κ1) is 22.2. The van der Waals surface area contributed by atoms with Gasteiger partial charge in [-0.3, -0.25) is 4.79 Å². The van der Waals surface area contributed by atoms with Gasteiger partial charge in [0, 0.05) is 38.4 Å². The second kappa shape index (κ2) is 11.7. The van der Waals surface area contributed by atoms with Crippen molar-refractivity contribution in [3.05, 3.63) is 29.8 Å². The molecule has 0 spiro atoms. The van der Waals surface area contributed by atoms with Gasteiger partial charge in [0.15, 0.2) is 0 Å². The molecule has 1 aliphatic heterocycles. The summed E-state index contributed by atoms with van der Waals surface area (Å²) in [5, 5.41) is 4.00. The van der Waals surface area contributed by atoms with E-state index < -0.39 is 0 Å². The largest absolute Gasteiger partial charge is 0.497 e. The molecule has 0 aliphatic carbocycles. The summed E-state index contributed by atoms with van der Waals surface area (Å²) >= 11 is 0. The molecule has 1 aliphatic rings. The second-order valence-corrected chi connectivity index (χ2v) is 7.35. The Bertz CT molecular complexity index is 620. The topological polar surface area (TPSA) is 54.4 Å². The highest BCUT2D eigenvalue weighted by Crippen LogP contribution is 2.15. The van der Waals surface area contributed by atoms with Gasteiger partial charge >= 0.3 is 0 Å². The van der Waals surface area contributed by atoms with E-state index in [1.165, 1.54) is 5.56 Å². The van der Waals surface area contributed by atoms with Crippen molar-refractivity contribution in [1.29, 1.82) is 0 Å². The lowest BCUT2D eigenvalue weighted by atomic mass is 10.0. The summed E-state index contributed by atoms with van der Waals surface area (Å²) in [7, 11) is 3.26. The van der Waals surface area contributed by atoms with Gasteiger partial charge in [0.1, 0.15) is 12.9 Å². The third kappa shape index (κ3) is 6.82. The zero-order valence-corrected chi connectivity index (χ0v) is 17.8. The van der Waals surface area contributed by atoms with Crippen LogP contribution in [0, 0.1) is 0 Å². The Morgan fingerprint density at radius 3 is 2.46 bits per heavy atom. The van der Waals surface area contributed by atoms with E-state index >= 15 is 0 Å². The van der Waals surface area contributed by atoms with E-state index in [1.54, 1.807) is 14.2 Å². The van der Waals surface area contributed by atoms with Crippen molar-refractivity contribution >= 4 is 11.6 Å². The number of ether oxygens (including phenoxy) is 1. The average molecular weight is 390 g/mol. The Kier molecular flexibility index (Phi) is 9.28. The molecule has 2 rings (SSSR count). The second-order valence-electron chi connectivity index (χ2n) is 7.35. The Morgan fingerprint density at radius 1 is 1.21 bits per heavy atom. The highest BCUT2D eigenvalue weighted by atomic mass is 16.6. The summed E-state index contributed by atoms with van der Waals surface area (Å²) in [5.74, 6) is 1.15. The molecule has 156 valence electrons. The van der Waals surface area contributed by atoms with Crippen LogP contribution in [0.2, 0.25) is 0 Å². The van der Waals surface area contributed by atoms with E-state index in [0.717, 1.165) is 63.3 Å². The number of carbonyl (C=O) groups excluding carboxylic acids is 1. The molecule has 6 heteroatoms. The summed E-state index contributed by atoms with van der Waals surface area (Å²) in [6.45, 7) is 7.90. The number of oxime groups is 1. The van der Waals surface area contributed by atoms with Crippen molar-refractivity contribution in [3.8, 4) is 5.75 Å². The fraction of sp³-hybridized carbons (Fsp3) is 0.636. The summed E-state index contributed by atoms with van der Waals surface area (Å²) in [6.07, 6.45) is 4.15. The first-order chi connectivity index (χ1) is 13.6. The Labute approximate surface area is 169 Å². The van der Waals surface area contributed by atoms with E-state index in [-0.39, 0.29) is 5.91 Å². The minimum atomic E-state index is 0.260. The highest BCUT2D eigenvalue weighted by molar-refractivity contribution is 5.87. The molecule has 1 fully saturated rings. The standard InChI is InChI=1S/C22H35N3O3/c1-5-24(18(2)17-19-8-10-21(27-3)11-9-19)14-6-7-22(26)25-15-12-20(13-16-25)23-28-4/h8-11,18H,5-7,12-17H2,1-4H3. The van der Waals surface area contributed by atoms with E-state index in [1.807, 2.05) is 17.0 Å². The van der Waals surface area contributed by atoms with Crippen LogP contribution in [0.15, 0.2) is 29.4 Å². The van der Waals surface area contributed by atoms with Gasteiger partial charge < -0.3 is 19.4 Å². The van der Waals surface area contributed by atoms with Crippen LogP contribution in [0.5, 0.6) is 5.75 Å². The van der Waals surface area contributed by atoms with Crippen LogP contribution in [0.4, 0.5) is 0 Å². The summed E-state index contributed by atoms with van der Waals surface area (Å²) in [5.41, 5.74) is 2.36. The quantitative estimate of drug-likeness (QED) is 0.576. The monoisotopic (exact) mass is 389 g/mol. The van der Waals surface area contributed by atoms with Crippen LogP contribution in [0.3, 0.4) is 0 Å². The van der Waals surface area contributed by atoms with Crippen LogP contribution in [-0.4, -0.2) is 67.9 Å². The van der Waals surface area contributed by atoms with Crippen molar-refractivity contribution in [1.82, 2.24) is 9.80 Å². The molecule has 1 heterocycles. The van der Waals surface area contributed by atoms with Crippen LogP contribution < -0.4 is 4.74 Å². The maximum Gasteiger partial charge on any atom is 0.222 e. The number of amides is 1. The zero-order valence-electron chi connectivity index (χ0n) is 17.8. The summed E-state index contributed by atoms with van der Waals surface area (Å²) in [6, 6.07) is 8.72. The van der Waals surface area contributed by atoms with Gasteiger partial charge in [-0.05, 0) is 50.6 Å². The fourth-order valence-corrected chi connectivity index (χ4v) is 3.75. The SMILES string of the molecule is CCN(CCCC(=O)N1CCC(=NOC)CC1)C(C)Cc1ccc(OC)cc1. The highest BCUT2D eigenvalue weighted by Gasteiger charge is 2.20. The van der Waals surface area contributed by atoms with E-state index in [0.29, 0.717) is 12.5 Å². The third-order valence-electron chi connectivity index (χ3n) is 5.47. The number of likely N-dealkylation sites (tertiary alicyclic amines) is 1. The zero-order chi connectivity index (χ0) is 20.4. The van der Waals surface area contributed by atoms with Gasteiger partial charge in [0.2, 0.25) is 5.91 Å². The van der Waals surface area contributed by atoms with Gasteiger partial charge in [-0.2, -0.15) is 0 Å². The number of benzene rings is 1. The predicted octanol–water partition coefficient (Wildman–Crippen LogP) is 3.35. The van der Waals surface area contributed by atoms with Crippen molar-refractivity contribution in [2.75, 3.05) is 40.4 Å². The van der Waals surface area contributed by atoms with Gasteiger partial charge in [0.25, 0.3) is 0 Å². The minimum Gasteiger partial charge on any atom is -0.497 e. The van der Waals surface area contributed by atoms with Gasteiger partial charge in [-0.15, -0.1) is 0 Å². The molecular formula is C22H35N3O3. The predicted molar refractivity (Wildman–Crippen MR) is 113 cm³/mol. The normalized spacial score (nSPS) is 15.5. The molecule has 0 radical (unpaired) electrons. The lowest BCUT2D eigenvalue weighted by Crippen LogP contribution is -2.39. The van der Waals surface area contributed by atoms with Gasteiger partial charge in [0.05, 0.1) is 12.8 Å². The first-order valence-electron chi connectivity index (χ1n) is 10.3. The number of methoxy groups -OCH3 is 1. The van der Waals surface area contributed by atoms with Crippen molar-refractivity contribution in [2.24, 2.45) is 5.16 Å². The van der Waals surface area contributed by atoms with E-state index in [2.05, 4.69) is 36.0 Å². The lowest BCUT2D eigenvalue weighted by molar-refractivity contribution is -0.131. The molecule has 6 nitrogen and oxygen atoms in total. The number of rotatable bonds is 10. The Balaban J connectivity index is 1.73. The maximum absolute atomic E-state index is 12.5. The molecule has 1 amide bonds. The lowest BCUT2D eigenvalue weighted by Gasteiger charge is -2.30. The van der Waals surface area contributed by atoms with E-state index in [4.69, 9.17) is 9.57 Å². The number of hydrogen-bond donors (Lipinski definition) is 0. The van der Waals surface area contributed by atoms with Gasteiger partial charge in [-0.25, -0.2) is 0 Å². The molecule has 1 saturated heterocycles.